The van der Waals surface area contributed by atoms with Gasteiger partial charge in [0.25, 0.3) is 0 Å². The number of anilines is 1. The zero-order chi connectivity index (χ0) is 22.5. The Kier molecular flexibility index (Phi) is 6.26. The number of pyridine rings is 1. The van der Waals surface area contributed by atoms with E-state index in [0.717, 1.165) is 42.5 Å². The summed E-state index contributed by atoms with van der Waals surface area (Å²) in [7, 11) is 0. The monoisotopic (exact) mass is 427 g/mol. The van der Waals surface area contributed by atoms with Gasteiger partial charge in [-0.2, -0.15) is 5.26 Å². The number of aromatic hydroxyl groups is 1. The smallest absolute Gasteiger partial charge is 0.166 e. The molecule has 4 aromatic rings. The minimum absolute atomic E-state index is 0.208. The van der Waals surface area contributed by atoms with Gasteiger partial charge in [-0.1, -0.05) is 12.1 Å². The van der Waals surface area contributed by atoms with Gasteiger partial charge in [0, 0.05) is 24.3 Å². The molecule has 162 valence electrons. The van der Waals surface area contributed by atoms with Crippen molar-refractivity contribution in [1.82, 2.24) is 24.5 Å². The minimum atomic E-state index is 0.208. The molecule has 0 spiro atoms. The van der Waals surface area contributed by atoms with E-state index in [4.69, 9.17) is 15.2 Å². The summed E-state index contributed by atoms with van der Waals surface area (Å²) in [5, 5.41) is 21.8. The summed E-state index contributed by atoms with van der Waals surface area (Å²) in [6, 6.07) is 13.1. The molecule has 8 nitrogen and oxygen atoms in total. The third-order valence-corrected chi connectivity index (χ3v) is 5.24. The van der Waals surface area contributed by atoms with Crippen LogP contribution < -0.4 is 5.32 Å². The predicted molar refractivity (Wildman–Crippen MR) is 123 cm³/mol. The lowest BCUT2D eigenvalue weighted by Gasteiger charge is -2.11. The number of nitriles is 1. The number of fused-ring (bicyclic) bond motifs is 1. The van der Waals surface area contributed by atoms with Gasteiger partial charge in [-0.25, -0.2) is 19.9 Å². The molecule has 0 aliphatic carbocycles. The molecule has 8 heteroatoms. The van der Waals surface area contributed by atoms with Gasteiger partial charge in [-0.15, -0.1) is 0 Å². The standard InChI is InChI=1S/C24H25N7O/c1-16(2)31-15-28-21-23(26-12-4-3-5-17-6-10-20(32)11-7-17)29-22(30-24(21)31)18-8-9-19(13-25)27-14-18/h6-11,14-16,32H,3-5,12H2,1-2H3,(H,26,29,30). The SMILES string of the molecule is CC(C)n1cnc2c(NCCCCc3ccc(O)cc3)nc(-c3ccc(C#N)nc3)nc21. The summed E-state index contributed by atoms with van der Waals surface area (Å²) in [6.45, 7) is 4.93. The van der Waals surface area contributed by atoms with Gasteiger partial charge in [0.1, 0.15) is 23.0 Å². The highest BCUT2D eigenvalue weighted by Crippen LogP contribution is 2.26. The van der Waals surface area contributed by atoms with Gasteiger partial charge in [0.15, 0.2) is 17.3 Å². The lowest BCUT2D eigenvalue weighted by atomic mass is 10.1. The predicted octanol–water partition coefficient (Wildman–Crippen LogP) is 4.48. The van der Waals surface area contributed by atoms with E-state index < -0.39 is 0 Å². The van der Waals surface area contributed by atoms with E-state index in [9.17, 15) is 5.11 Å². The van der Waals surface area contributed by atoms with Crippen LogP contribution in [0.15, 0.2) is 48.9 Å². The lowest BCUT2D eigenvalue weighted by molar-refractivity contribution is 0.475. The van der Waals surface area contributed by atoms with Crippen LogP contribution in [0.2, 0.25) is 0 Å². The van der Waals surface area contributed by atoms with Gasteiger partial charge in [-0.3, -0.25) is 0 Å². The highest BCUT2D eigenvalue weighted by Gasteiger charge is 2.16. The molecule has 0 aliphatic rings. The fraction of sp³-hybridized carbons (Fsp3) is 0.292. The van der Waals surface area contributed by atoms with Gasteiger partial charge >= 0.3 is 0 Å². The Bertz CT molecular complexity index is 1240. The summed E-state index contributed by atoms with van der Waals surface area (Å²) in [5.41, 5.74) is 3.81. The van der Waals surface area contributed by atoms with Crippen molar-refractivity contribution in [2.45, 2.75) is 39.2 Å². The zero-order valence-corrected chi connectivity index (χ0v) is 18.2. The van der Waals surface area contributed by atoms with Crippen molar-refractivity contribution in [3.63, 3.8) is 0 Å². The fourth-order valence-corrected chi connectivity index (χ4v) is 3.46. The average Bonchev–Trinajstić information content (AvgIpc) is 3.24. The Morgan fingerprint density at radius 3 is 2.56 bits per heavy atom. The van der Waals surface area contributed by atoms with Gasteiger partial charge < -0.3 is 15.0 Å². The van der Waals surface area contributed by atoms with Crippen molar-refractivity contribution in [2.75, 3.05) is 11.9 Å². The Hall–Kier alpha value is -3.99. The second-order valence-corrected chi connectivity index (χ2v) is 7.91. The summed E-state index contributed by atoms with van der Waals surface area (Å²) in [6.07, 6.45) is 6.34. The summed E-state index contributed by atoms with van der Waals surface area (Å²) in [4.78, 5) is 18.2. The number of benzene rings is 1. The number of nitrogens with one attached hydrogen (secondary N) is 1. The number of phenols is 1. The quantitative estimate of drug-likeness (QED) is 0.399. The van der Waals surface area contributed by atoms with Crippen LogP contribution in [0.3, 0.4) is 0 Å². The van der Waals surface area contributed by atoms with Crippen molar-refractivity contribution < 1.29 is 5.11 Å². The molecule has 0 atom stereocenters. The number of phenolic OH excluding ortho intramolecular Hbond substituents is 1. The first-order valence-electron chi connectivity index (χ1n) is 10.7. The number of imidazole rings is 1. The van der Waals surface area contributed by atoms with Crippen molar-refractivity contribution in [3.05, 3.63) is 60.2 Å². The van der Waals surface area contributed by atoms with E-state index >= 15 is 0 Å². The van der Waals surface area contributed by atoms with Crippen LogP contribution in [0.4, 0.5) is 5.82 Å². The van der Waals surface area contributed by atoms with Crippen molar-refractivity contribution in [1.29, 1.82) is 5.26 Å². The van der Waals surface area contributed by atoms with Crippen LogP contribution in [-0.4, -0.2) is 36.2 Å². The van der Waals surface area contributed by atoms with Gasteiger partial charge in [-0.05, 0) is 62.9 Å². The van der Waals surface area contributed by atoms with Gasteiger partial charge in [0.2, 0.25) is 0 Å². The van der Waals surface area contributed by atoms with Crippen molar-refractivity contribution in [3.8, 4) is 23.2 Å². The van der Waals surface area contributed by atoms with Crippen LogP contribution in [0.25, 0.3) is 22.6 Å². The van der Waals surface area contributed by atoms with Crippen LogP contribution in [0.5, 0.6) is 5.75 Å². The molecule has 0 fully saturated rings. The number of nitrogens with zero attached hydrogens (tertiary/aromatic N) is 6. The number of aryl methyl sites for hydroxylation is 1. The van der Waals surface area contributed by atoms with Crippen molar-refractivity contribution in [2.24, 2.45) is 0 Å². The third kappa shape index (κ3) is 4.67. The summed E-state index contributed by atoms with van der Waals surface area (Å²) in [5.74, 6) is 1.53. The molecule has 0 bridgehead atoms. The highest BCUT2D eigenvalue weighted by atomic mass is 16.3. The Balaban J connectivity index is 1.52. The van der Waals surface area contributed by atoms with E-state index in [-0.39, 0.29) is 11.8 Å². The maximum atomic E-state index is 9.40. The molecule has 0 saturated carbocycles. The molecule has 1 aromatic carbocycles. The van der Waals surface area contributed by atoms with E-state index in [1.54, 1.807) is 30.7 Å². The largest absolute Gasteiger partial charge is 0.508 e. The molecule has 2 N–H and O–H groups in total. The average molecular weight is 428 g/mol. The van der Waals surface area contributed by atoms with Crippen LogP contribution in [0, 0.1) is 11.3 Å². The van der Waals surface area contributed by atoms with Gasteiger partial charge in [0.05, 0.1) is 6.33 Å². The topological polar surface area (TPSA) is 113 Å². The Morgan fingerprint density at radius 1 is 1.06 bits per heavy atom. The molecule has 32 heavy (non-hydrogen) atoms. The number of hydrogen-bond acceptors (Lipinski definition) is 7. The highest BCUT2D eigenvalue weighted by molar-refractivity contribution is 5.85. The molecule has 3 heterocycles. The van der Waals surface area contributed by atoms with Crippen LogP contribution >= 0.6 is 0 Å². The molecule has 0 amide bonds. The number of aromatic nitrogens is 5. The third-order valence-electron chi connectivity index (χ3n) is 5.24. The second-order valence-electron chi connectivity index (χ2n) is 7.91. The number of rotatable bonds is 8. The maximum absolute atomic E-state index is 9.40. The van der Waals surface area contributed by atoms with Crippen LogP contribution in [0.1, 0.15) is 44.0 Å². The molecule has 0 radical (unpaired) electrons. The Labute approximate surface area is 186 Å². The normalized spacial score (nSPS) is 11.1. The summed E-state index contributed by atoms with van der Waals surface area (Å²) >= 11 is 0. The molecule has 0 saturated heterocycles. The molecule has 4 rings (SSSR count). The maximum Gasteiger partial charge on any atom is 0.166 e. The molecule has 3 aromatic heterocycles. The number of unbranched alkanes of at least 4 members (excludes halogenated alkanes) is 1. The summed E-state index contributed by atoms with van der Waals surface area (Å²) < 4.78 is 2.02. The zero-order valence-electron chi connectivity index (χ0n) is 18.2. The lowest BCUT2D eigenvalue weighted by Crippen LogP contribution is -2.08. The first kappa shape index (κ1) is 21.2. The molecule has 0 unspecified atom stereocenters. The first-order valence-corrected chi connectivity index (χ1v) is 10.7. The van der Waals surface area contributed by atoms with E-state index in [1.165, 1.54) is 5.56 Å². The van der Waals surface area contributed by atoms with Crippen LogP contribution in [-0.2, 0) is 6.42 Å². The van der Waals surface area contributed by atoms with Crippen molar-refractivity contribution >= 4 is 17.0 Å². The molecule has 0 aliphatic heterocycles. The first-order chi connectivity index (χ1) is 15.5. The number of hydrogen-bond donors (Lipinski definition) is 2. The molecular weight excluding hydrogens is 402 g/mol. The van der Waals surface area contributed by atoms with E-state index in [0.29, 0.717) is 17.3 Å². The van der Waals surface area contributed by atoms with E-state index in [2.05, 4.69) is 29.1 Å². The Morgan fingerprint density at radius 2 is 1.88 bits per heavy atom. The molecular formula is C24H25N7O. The fourth-order valence-electron chi connectivity index (χ4n) is 3.46. The van der Waals surface area contributed by atoms with E-state index in [1.807, 2.05) is 28.8 Å². The minimum Gasteiger partial charge on any atom is -0.508 e. The second kappa shape index (κ2) is 9.43.